The van der Waals surface area contributed by atoms with Crippen LogP contribution in [0.25, 0.3) is 0 Å². The third-order valence-corrected chi connectivity index (χ3v) is 6.35. The predicted molar refractivity (Wildman–Crippen MR) is 119 cm³/mol. The number of hydrogen-bond acceptors (Lipinski definition) is 2. The maximum Gasteiger partial charge on any atom is 0.122 e. The average Bonchev–Trinajstić information content (AvgIpc) is 2.64. The second kappa shape index (κ2) is 8.69. The molecule has 0 amide bonds. The van der Waals surface area contributed by atoms with Crippen LogP contribution in [0, 0.1) is 5.92 Å². The molecule has 2 nitrogen and oxygen atoms in total. The number of para-hydroxylation sites is 1. The zero-order valence-electron chi connectivity index (χ0n) is 18.3. The Morgan fingerprint density at radius 3 is 2.36 bits per heavy atom. The molecule has 1 heterocycles. The Labute approximate surface area is 171 Å². The summed E-state index contributed by atoms with van der Waals surface area (Å²) in [7, 11) is 0. The van der Waals surface area contributed by atoms with Crippen molar-refractivity contribution >= 4 is 0 Å². The van der Waals surface area contributed by atoms with E-state index in [4.69, 9.17) is 4.74 Å². The van der Waals surface area contributed by atoms with Crippen molar-refractivity contribution in [1.29, 1.82) is 0 Å². The molecule has 2 aromatic carbocycles. The first-order valence-electron chi connectivity index (χ1n) is 10.9. The second-order valence-electron chi connectivity index (χ2n) is 9.56. The van der Waals surface area contributed by atoms with Gasteiger partial charge in [0.15, 0.2) is 0 Å². The summed E-state index contributed by atoms with van der Waals surface area (Å²) in [6.07, 6.45) is 4.73. The molecule has 2 aromatic rings. The van der Waals surface area contributed by atoms with Gasteiger partial charge in [-0.2, -0.15) is 0 Å². The van der Waals surface area contributed by atoms with Gasteiger partial charge in [0.25, 0.3) is 0 Å². The third kappa shape index (κ3) is 5.17. The molecule has 0 spiro atoms. The maximum atomic E-state index is 6.01. The van der Waals surface area contributed by atoms with E-state index in [1.807, 2.05) is 0 Å². The van der Waals surface area contributed by atoms with E-state index in [9.17, 15) is 0 Å². The molecule has 1 fully saturated rings. The Balaban J connectivity index is 1.89. The van der Waals surface area contributed by atoms with E-state index in [1.54, 1.807) is 0 Å². The first-order valence-corrected chi connectivity index (χ1v) is 10.9. The second-order valence-corrected chi connectivity index (χ2v) is 9.56. The van der Waals surface area contributed by atoms with Crippen LogP contribution in [0.3, 0.4) is 0 Å². The molecule has 2 heteroatoms. The standard InChI is InChI=1S/C26H37NO/c1-6-28-24-15-11-10-14-23(24)21(18-20-12-8-7-9-13-20)19-22-16-17-25(2,3)27-26(22,4)5/h7-15,21-22,27H,6,16-19H2,1-5H3. The van der Waals surface area contributed by atoms with Crippen molar-refractivity contribution in [3.8, 4) is 5.75 Å². The van der Waals surface area contributed by atoms with Crippen LogP contribution in [0.1, 0.15) is 70.9 Å². The summed E-state index contributed by atoms with van der Waals surface area (Å²) < 4.78 is 6.01. The fraction of sp³-hybridized carbons (Fsp3) is 0.538. The van der Waals surface area contributed by atoms with Gasteiger partial charge in [-0.05, 0) is 89.3 Å². The Morgan fingerprint density at radius 2 is 1.68 bits per heavy atom. The number of benzene rings is 2. The molecular formula is C26H37NO. The lowest BCUT2D eigenvalue weighted by molar-refractivity contribution is 0.100. The normalized spacial score (nSPS) is 21.8. The molecule has 1 aliphatic heterocycles. The molecule has 1 aliphatic rings. The highest BCUT2D eigenvalue weighted by Crippen LogP contribution is 2.42. The number of nitrogens with one attached hydrogen (secondary N) is 1. The van der Waals surface area contributed by atoms with Crippen LogP contribution in [0.15, 0.2) is 54.6 Å². The van der Waals surface area contributed by atoms with Crippen molar-refractivity contribution < 1.29 is 4.74 Å². The van der Waals surface area contributed by atoms with Gasteiger partial charge in [0.05, 0.1) is 6.61 Å². The quantitative estimate of drug-likeness (QED) is 0.604. The molecule has 0 bridgehead atoms. The largest absolute Gasteiger partial charge is 0.494 e. The molecule has 2 atom stereocenters. The maximum absolute atomic E-state index is 6.01. The van der Waals surface area contributed by atoms with Gasteiger partial charge in [0.1, 0.15) is 5.75 Å². The van der Waals surface area contributed by atoms with Crippen molar-refractivity contribution in [3.05, 3.63) is 65.7 Å². The molecule has 0 saturated carbocycles. The number of piperidine rings is 1. The smallest absolute Gasteiger partial charge is 0.122 e. The number of hydrogen-bond donors (Lipinski definition) is 1. The first-order chi connectivity index (χ1) is 13.3. The molecule has 0 aliphatic carbocycles. The molecule has 3 rings (SSSR count). The van der Waals surface area contributed by atoms with Gasteiger partial charge in [0.2, 0.25) is 0 Å². The van der Waals surface area contributed by atoms with Crippen molar-refractivity contribution in [2.24, 2.45) is 5.92 Å². The fourth-order valence-corrected chi connectivity index (χ4v) is 5.01. The van der Waals surface area contributed by atoms with E-state index in [0.717, 1.165) is 12.2 Å². The topological polar surface area (TPSA) is 21.3 Å². The van der Waals surface area contributed by atoms with E-state index >= 15 is 0 Å². The van der Waals surface area contributed by atoms with E-state index < -0.39 is 0 Å². The minimum Gasteiger partial charge on any atom is -0.494 e. The molecule has 28 heavy (non-hydrogen) atoms. The van der Waals surface area contributed by atoms with Crippen LogP contribution in [-0.4, -0.2) is 17.7 Å². The highest BCUT2D eigenvalue weighted by Gasteiger charge is 2.40. The highest BCUT2D eigenvalue weighted by molar-refractivity contribution is 5.37. The first kappa shape index (κ1) is 20.9. The summed E-state index contributed by atoms with van der Waals surface area (Å²) in [5, 5.41) is 3.91. The molecule has 0 aromatic heterocycles. The number of rotatable bonds is 7. The minimum absolute atomic E-state index is 0.136. The fourth-order valence-electron chi connectivity index (χ4n) is 5.01. The Kier molecular flexibility index (Phi) is 6.50. The van der Waals surface area contributed by atoms with Crippen molar-refractivity contribution in [1.82, 2.24) is 5.32 Å². The Bertz CT molecular complexity index is 750. The highest BCUT2D eigenvalue weighted by atomic mass is 16.5. The zero-order chi connectivity index (χ0) is 20.2. The summed E-state index contributed by atoms with van der Waals surface area (Å²) in [6, 6.07) is 19.5. The summed E-state index contributed by atoms with van der Waals surface area (Å²) >= 11 is 0. The average molecular weight is 380 g/mol. The van der Waals surface area contributed by atoms with E-state index in [1.165, 1.54) is 30.4 Å². The van der Waals surface area contributed by atoms with Crippen LogP contribution in [0.2, 0.25) is 0 Å². The van der Waals surface area contributed by atoms with Crippen molar-refractivity contribution in [2.75, 3.05) is 6.61 Å². The van der Waals surface area contributed by atoms with E-state index in [0.29, 0.717) is 18.4 Å². The molecule has 2 unspecified atom stereocenters. The molecular weight excluding hydrogens is 342 g/mol. The monoisotopic (exact) mass is 379 g/mol. The van der Waals surface area contributed by atoms with Crippen LogP contribution in [0.5, 0.6) is 5.75 Å². The van der Waals surface area contributed by atoms with Gasteiger partial charge < -0.3 is 10.1 Å². The molecule has 152 valence electrons. The predicted octanol–water partition coefficient (Wildman–Crippen LogP) is 6.36. The van der Waals surface area contributed by atoms with Gasteiger partial charge in [-0.1, -0.05) is 48.5 Å². The minimum atomic E-state index is 0.136. The Morgan fingerprint density at radius 1 is 1.00 bits per heavy atom. The summed E-state index contributed by atoms with van der Waals surface area (Å²) in [4.78, 5) is 0. The number of ether oxygens (including phenoxy) is 1. The lowest BCUT2D eigenvalue weighted by atomic mass is 9.69. The van der Waals surface area contributed by atoms with Gasteiger partial charge in [-0.15, -0.1) is 0 Å². The van der Waals surface area contributed by atoms with Gasteiger partial charge >= 0.3 is 0 Å². The zero-order valence-corrected chi connectivity index (χ0v) is 18.3. The van der Waals surface area contributed by atoms with Gasteiger partial charge in [-0.3, -0.25) is 0 Å². The molecule has 1 saturated heterocycles. The third-order valence-electron chi connectivity index (χ3n) is 6.35. The van der Waals surface area contributed by atoms with Crippen molar-refractivity contribution in [2.45, 2.75) is 77.3 Å². The van der Waals surface area contributed by atoms with Crippen molar-refractivity contribution in [3.63, 3.8) is 0 Å². The van der Waals surface area contributed by atoms with Crippen LogP contribution >= 0.6 is 0 Å². The lowest BCUT2D eigenvalue weighted by Crippen LogP contribution is -2.60. The summed E-state index contributed by atoms with van der Waals surface area (Å²) in [5.74, 6) is 2.15. The van der Waals surface area contributed by atoms with Gasteiger partial charge in [0, 0.05) is 11.1 Å². The summed E-state index contributed by atoms with van der Waals surface area (Å²) in [6.45, 7) is 12.2. The Hall–Kier alpha value is -1.80. The SMILES string of the molecule is CCOc1ccccc1C(Cc1ccccc1)CC1CCC(C)(C)NC1(C)C. The lowest BCUT2D eigenvalue weighted by Gasteiger charge is -2.49. The van der Waals surface area contributed by atoms with Crippen LogP contribution in [-0.2, 0) is 6.42 Å². The molecule has 0 radical (unpaired) electrons. The summed E-state index contributed by atoms with van der Waals surface area (Å²) in [5.41, 5.74) is 3.12. The van der Waals surface area contributed by atoms with Gasteiger partial charge in [-0.25, -0.2) is 0 Å². The van der Waals surface area contributed by atoms with Crippen LogP contribution < -0.4 is 10.1 Å². The van der Waals surface area contributed by atoms with Crippen LogP contribution in [0.4, 0.5) is 0 Å². The van der Waals surface area contributed by atoms with E-state index in [2.05, 4.69) is 94.5 Å². The van der Waals surface area contributed by atoms with E-state index in [-0.39, 0.29) is 11.1 Å². The molecule has 1 N–H and O–H groups in total.